The molecule has 2 aromatic heterocycles. The quantitative estimate of drug-likeness (QED) is 0.609. The third kappa shape index (κ3) is 3.85. The lowest BCUT2D eigenvalue weighted by molar-refractivity contribution is -0.120. The number of nitrogens with zero attached hydrogens (tertiary/aromatic N) is 2. The zero-order valence-electron chi connectivity index (χ0n) is 13.9. The monoisotopic (exact) mass is 386 g/mol. The summed E-state index contributed by atoms with van der Waals surface area (Å²) >= 11 is 3.16. The number of carbonyl (C=O) groups is 1. The predicted octanol–water partition coefficient (Wildman–Crippen LogP) is 3.21. The first kappa shape index (κ1) is 19.4. The number of thioether (sulfide) groups is 1. The molecule has 3 rings (SSSR count). The molecule has 0 spiro atoms. The molecule has 2 heterocycles. The fourth-order valence-corrected chi connectivity index (χ4v) is 5.07. The summed E-state index contributed by atoms with van der Waals surface area (Å²) < 4.78 is 0. The third-order valence-electron chi connectivity index (χ3n) is 4.63. The van der Waals surface area contributed by atoms with Gasteiger partial charge >= 0.3 is 0 Å². The smallest absolute Gasteiger partial charge is 0.230 e. The highest BCUT2D eigenvalue weighted by Crippen LogP contribution is 2.34. The molecule has 1 aliphatic rings. The van der Waals surface area contributed by atoms with Crippen LogP contribution in [0.5, 0.6) is 0 Å². The minimum absolute atomic E-state index is 0. The summed E-state index contributed by atoms with van der Waals surface area (Å²) in [6.07, 6.45) is 5.84. The van der Waals surface area contributed by atoms with Gasteiger partial charge in [0, 0.05) is 16.8 Å². The van der Waals surface area contributed by atoms with Crippen LogP contribution in [0, 0.1) is 13.8 Å². The summed E-state index contributed by atoms with van der Waals surface area (Å²) in [5.41, 5.74) is 6.90. The van der Waals surface area contributed by atoms with Gasteiger partial charge in [-0.25, -0.2) is 9.97 Å². The van der Waals surface area contributed by atoms with E-state index in [1.807, 2.05) is 0 Å². The fraction of sp³-hybridized carbons (Fsp3) is 0.562. The molecule has 0 bridgehead atoms. The lowest BCUT2D eigenvalue weighted by Gasteiger charge is -2.28. The van der Waals surface area contributed by atoms with Crippen LogP contribution < -0.4 is 11.1 Å². The number of amides is 1. The number of halogens is 1. The van der Waals surface area contributed by atoms with Crippen LogP contribution in [0.3, 0.4) is 0 Å². The molecule has 0 radical (unpaired) electrons. The van der Waals surface area contributed by atoms with E-state index in [-0.39, 0.29) is 23.9 Å². The van der Waals surface area contributed by atoms with Gasteiger partial charge in [-0.05, 0) is 32.3 Å². The number of rotatable bonds is 5. The van der Waals surface area contributed by atoms with Crippen molar-refractivity contribution in [1.29, 1.82) is 0 Å². The molecule has 0 aliphatic heterocycles. The van der Waals surface area contributed by atoms with Gasteiger partial charge in [-0.3, -0.25) is 4.79 Å². The Bertz CT molecular complexity index is 728. The van der Waals surface area contributed by atoms with E-state index in [1.54, 1.807) is 17.7 Å². The summed E-state index contributed by atoms with van der Waals surface area (Å²) in [6.45, 7) is 4.70. The molecule has 5 nitrogen and oxygen atoms in total. The second-order valence-corrected chi connectivity index (χ2v) is 8.34. The normalized spacial score (nSPS) is 16.1. The summed E-state index contributed by atoms with van der Waals surface area (Å²) in [4.78, 5) is 23.3. The molecule has 0 unspecified atom stereocenters. The van der Waals surface area contributed by atoms with E-state index in [1.165, 1.54) is 22.2 Å². The lowest BCUT2D eigenvalue weighted by atomic mass is 9.98. The molecule has 0 aromatic carbocycles. The SMILES string of the molecule is Cc1sc2ncnc(SCC(=O)NC3(CN)CCCC3)c2c1C.Cl. The minimum Gasteiger partial charge on any atom is -0.349 e. The number of thiophene rings is 1. The van der Waals surface area contributed by atoms with Crippen molar-refractivity contribution >= 4 is 51.6 Å². The molecule has 1 aliphatic carbocycles. The summed E-state index contributed by atoms with van der Waals surface area (Å²) in [6, 6.07) is 0. The van der Waals surface area contributed by atoms with Gasteiger partial charge in [0.05, 0.1) is 11.3 Å². The Morgan fingerprint density at radius 3 is 2.75 bits per heavy atom. The molecule has 0 atom stereocenters. The van der Waals surface area contributed by atoms with Gasteiger partial charge < -0.3 is 11.1 Å². The molecule has 0 saturated heterocycles. The predicted molar refractivity (Wildman–Crippen MR) is 103 cm³/mol. The third-order valence-corrected chi connectivity index (χ3v) is 6.73. The van der Waals surface area contributed by atoms with Gasteiger partial charge in [-0.2, -0.15) is 0 Å². The van der Waals surface area contributed by atoms with E-state index in [0.717, 1.165) is 40.9 Å². The standard InChI is InChI=1S/C16H22N4OS2.ClH/c1-10-11(2)23-15-13(10)14(18-9-19-15)22-7-12(21)20-16(8-17)5-3-4-6-16;/h9H,3-8,17H2,1-2H3,(H,20,21);1H. The molecule has 132 valence electrons. The van der Waals surface area contributed by atoms with Gasteiger partial charge in [0.2, 0.25) is 5.91 Å². The number of fused-ring (bicyclic) bond motifs is 1. The van der Waals surface area contributed by atoms with Gasteiger partial charge in [0.1, 0.15) is 16.2 Å². The lowest BCUT2D eigenvalue weighted by Crippen LogP contribution is -2.52. The van der Waals surface area contributed by atoms with Crippen LogP contribution in [0.15, 0.2) is 11.4 Å². The summed E-state index contributed by atoms with van der Waals surface area (Å²) in [5, 5.41) is 5.13. The van der Waals surface area contributed by atoms with Gasteiger partial charge in [-0.1, -0.05) is 24.6 Å². The molecule has 8 heteroatoms. The Hall–Kier alpha value is -0.890. The maximum Gasteiger partial charge on any atom is 0.230 e. The number of hydrogen-bond acceptors (Lipinski definition) is 6. The van der Waals surface area contributed by atoms with E-state index >= 15 is 0 Å². The van der Waals surface area contributed by atoms with E-state index in [2.05, 4.69) is 29.1 Å². The highest BCUT2D eigenvalue weighted by atomic mass is 35.5. The number of hydrogen-bond donors (Lipinski definition) is 2. The van der Waals surface area contributed by atoms with Crippen molar-refractivity contribution in [2.45, 2.75) is 50.1 Å². The maximum atomic E-state index is 12.3. The number of aromatic nitrogens is 2. The second-order valence-electron chi connectivity index (χ2n) is 6.17. The second kappa shape index (κ2) is 7.99. The zero-order chi connectivity index (χ0) is 16.4. The van der Waals surface area contributed by atoms with Crippen molar-refractivity contribution in [2.75, 3.05) is 12.3 Å². The maximum absolute atomic E-state index is 12.3. The highest BCUT2D eigenvalue weighted by Gasteiger charge is 2.33. The molecule has 2 aromatic rings. The van der Waals surface area contributed by atoms with E-state index < -0.39 is 0 Å². The first-order chi connectivity index (χ1) is 11.0. The van der Waals surface area contributed by atoms with E-state index in [9.17, 15) is 4.79 Å². The van der Waals surface area contributed by atoms with Crippen LogP contribution in [0.1, 0.15) is 36.1 Å². The number of nitrogens with one attached hydrogen (secondary N) is 1. The van der Waals surface area contributed by atoms with Gasteiger partial charge in [-0.15, -0.1) is 23.7 Å². The molecule has 1 fully saturated rings. The first-order valence-corrected chi connectivity index (χ1v) is 9.69. The largest absolute Gasteiger partial charge is 0.349 e. The average molecular weight is 387 g/mol. The molecule has 24 heavy (non-hydrogen) atoms. The van der Waals surface area contributed by atoms with E-state index in [4.69, 9.17) is 5.73 Å². The molecule has 3 N–H and O–H groups in total. The van der Waals surface area contributed by atoms with Crippen molar-refractivity contribution < 1.29 is 4.79 Å². The van der Waals surface area contributed by atoms with Crippen molar-refractivity contribution in [2.24, 2.45) is 5.73 Å². The summed E-state index contributed by atoms with van der Waals surface area (Å²) in [5.74, 6) is 0.404. The topological polar surface area (TPSA) is 80.9 Å². The van der Waals surface area contributed by atoms with Crippen LogP contribution in [0.4, 0.5) is 0 Å². The molecule has 1 saturated carbocycles. The minimum atomic E-state index is -0.187. The van der Waals surface area contributed by atoms with Crippen LogP contribution in [0.2, 0.25) is 0 Å². The Balaban J connectivity index is 0.00000208. The number of nitrogens with two attached hydrogens (primary N) is 1. The van der Waals surface area contributed by atoms with Crippen molar-refractivity contribution in [3.8, 4) is 0 Å². The van der Waals surface area contributed by atoms with Crippen LogP contribution in [0.25, 0.3) is 10.2 Å². The van der Waals surface area contributed by atoms with Crippen LogP contribution in [-0.2, 0) is 4.79 Å². The fourth-order valence-electron chi connectivity index (χ4n) is 3.16. The van der Waals surface area contributed by atoms with E-state index in [0.29, 0.717) is 12.3 Å². The van der Waals surface area contributed by atoms with Gasteiger partial charge in [0.25, 0.3) is 0 Å². The Labute approximate surface area is 156 Å². The van der Waals surface area contributed by atoms with Crippen molar-refractivity contribution in [3.05, 3.63) is 16.8 Å². The Kier molecular flexibility index (Phi) is 6.47. The van der Waals surface area contributed by atoms with Gasteiger partial charge in [0.15, 0.2) is 0 Å². The van der Waals surface area contributed by atoms with Crippen LogP contribution in [-0.4, -0.2) is 33.7 Å². The average Bonchev–Trinajstić information content (AvgIpc) is 3.12. The summed E-state index contributed by atoms with van der Waals surface area (Å²) in [7, 11) is 0. The zero-order valence-corrected chi connectivity index (χ0v) is 16.4. The Morgan fingerprint density at radius 2 is 2.08 bits per heavy atom. The number of carbonyl (C=O) groups excluding carboxylic acids is 1. The first-order valence-electron chi connectivity index (χ1n) is 7.89. The molecular formula is C16H23ClN4OS2. The molecular weight excluding hydrogens is 364 g/mol. The highest BCUT2D eigenvalue weighted by molar-refractivity contribution is 8.00. The van der Waals surface area contributed by atoms with Crippen LogP contribution >= 0.6 is 35.5 Å². The van der Waals surface area contributed by atoms with Crippen molar-refractivity contribution in [1.82, 2.24) is 15.3 Å². The van der Waals surface area contributed by atoms with Crippen molar-refractivity contribution in [3.63, 3.8) is 0 Å². The Morgan fingerprint density at radius 1 is 1.38 bits per heavy atom. The molecule has 1 amide bonds. The number of aryl methyl sites for hydroxylation is 2.